The van der Waals surface area contributed by atoms with Gasteiger partial charge in [-0.25, -0.2) is 0 Å². The van der Waals surface area contributed by atoms with Gasteiger partial charge in [-0.05, 0) is 37.1 Å². The summed E-state index contributed by atoms with van der Waals surface area (Å²) in [7, 11) is 0. The first-order valence-electron chi connectivity index (χ1n) is 5.81. The number of thioether (sulfide) groups is 1. The first-order chi connectivity index (χ1) is 7.45. The number of piperidine rings is 1. The molecule has 2 rings (SSSR count). The van der Waals surface area contributed by atoms with Gasteiger partial charge in [0.1, 0.15) is 0 Å². The molecule has 0 radical (unpaired) electrons. The van der Waals surface area contributed by atoms with E-state index < -0.39 is 0 Å². The van der Waals surface area contributed by atoms with Crippen molar-refractivity contribution in [3.05, 3.63) is 35.9 Å². The minimum absolute atomic E-state index is 0.850. The first-order valence-corrected chi connectivity index (χ1v) is 6.86. The quantitative estimate of drug-likeness (QED) is 0.839. The maximum Gasteiger partial charge on any atom is 0.0173 e. The molecule has 1 N–H and O–H groups in total. The van der Waals surface area contributed by atoms with Crippen molar-refractivity contribution in [1.82, 2.24) is 5.32 Å². The van der Waals surface area contributed by atoms with E-state index >= 15 is 0 Å². The number of hydrogen-bond acceptors (Lipinski definition) is 2. The summed E-state index contributed by atoms with van der Waals surface area (Å²) >= 11 is 2.13. The molecular weight excluding hydrogens is 202 g/mol. The smallest absolute Gasteiger partial charge is 0.0173 e. The molecule has 0 amide bonds. The van der Waals surface area contributed by atoms with Crippen molar-refractivity contribution in [3.63, 3.8) is 0 Å². The first kappa shape index (κ1) is 11.0. The maximum atomic E-state index is 3.46. The van der Waals surface area contributed by atoms with Crippen LogP contribution in [0, 0.1) is 0 Å². The van der Waals surface area contributed by atoms with Gasteiger partial charge in [0.05, 0.1) is 0 Å². The van der Waals surface area contributed by atoms with Crippen LogP contribution in [0.5, 0.6) is 0 Å². The molecular formula is C13H19NS. The molecule has 1 aliphatic rings. The number of benzene rings is 1. The summed E-state index contributed by atoms with van der Waals surface area (Å²) in [6, 6.07) is 10.8. The van der Waals surface area contributed by atoms with E-state index in [4.69, 9.17) is 0 Å². The van der Waals surface area contributed by atoms with E-state index in [0.717, 1.165) is 5.25 Å². The molecule has 1 aliphatic heterocycles. The van der Waals surface area contributed by atoms with Gasteiger partial charge < -0.3 is 5.32 Å². The molecule has 2 heteroatoms. The molecule has 1 unspecified atom stereocenters. The second kappa shape index (κ2) is 6.19. The predicted molar refractivity (Wildman–Crippen MR) is 68.5 cm³/mol. The van der Waals surface area contributed by atoms with E-state index in [1.54, 1.807) is 0 Å². The van der Waals surface area contributed by atoms with Crippen molar-refractivity contribution in [2.75, 3.05) is 18.8 Å². The molecule has 1 heterocycles. The Bertz CT molecular complexity index is 267. The Morgan fingerprint density at radius 1 is 1.27 bits per heavy atom. The molecule has 82 valence electrons. The van der Waals surface area contributed by atoms with E-state index in [1.165, 1.54) is 43.7 Å². The fraction of sp³-hybridized carbons (Fsp3) is 0.538. The van der Waals surface area contributed by atoms with E-state index in [-0.39, 0.29) is 0 Å². The van der Waals surface area contributed by atoms with Crippen LogP contribution in [0.1, 0.15) is 18.4 Å². The van der Waals surface area contributed by atoms with Crippen LogP contribution in [-0.2, 0) is 6.42 Å². The Labute approximate surface area is 96.7 Å². The molecule has 0 aliphatic carbocycles. The van der Waals surface area contributed by atoms with Crippen LogP contribution in [0.2, 0.25) is 0 Å². The number of aryl methyl sites for hydroxylation is 1. The molecule has 0 bridgehead atoms. The lowest BCUT2D eigenvalue weighted by Crippen LogP contribution is -2.31. The van der Waals surface area contributed by atoms with E-state index in [1.807, 2.05) is 0 Å². The second-order valence-electron chi connectivity index (χ2n) is 4.07. The van der Waals surface area contributed by atoms with Crippen LogP contribution in [0.15, 0.2) is 30.3 Å². The number of nitrogens with one attached hydrogen (secondary N) is 1. The molecule has 1 aromatic rings. The third-order valence-corrected chi connectivity index (χ3v) is 4.15. The van der Waals surface area contributed by atoms with E-state index in [2.05, 4.69) is 47.4 Å². The van der Waals surface area contributed by atoms with Gasteiger partial charge in [-0.15, -0.1) is 0 Å². The fourth-order valence-electron chi connectivity index (χ4n) is 1.95. The van der Waals surface area contributed by atoms with Crippen molar-refractivity contribution >= 4 is 11.8 Å². The topological polar surface area (TPSA) is 12.0 Å². The lowest BCUT2D eigenvalue weighted by Gasteiger charge is -2.22. The largest absolute Gasteiger partial charge is 0.316 e. The highest BCUT2D eigenvalue weighted by atomic mass is 32.2. The minimum Gasteiger partial charge on any atom is -0.316 e. The highest BCUT2D eigenvalue weighted by molar-refractivity contribution is 7.99. The number of rotatable bonds is 4. The monoisotopic (exact) mass is 221 g/mol. The van der Waals surface area contributed by atoms with Crippen molar-refractivity contribution in [2.45, 2.75) is 24.5 Å². The van der Waals surface area contributed by atoms with Crippen LogP contribution >= 0.6 is 11.8 Å². The molecule has 0 spiro atoms. The van der Waals surface area contributed by atoms with Crippen molar-refractivity contribution in [1.29, 1.82) is 0 Å². The molecule has 15 heavy (non-hydrogen) atoms. The summed E-state index contributed by atoms with van der Waals surface area (Å²) in [6.45, 7) is 2.43. The van der Waals surface area contributed by atoms with Crippen LogP contribution in [-0.4, -0.2) is 24.1 Å². The average Bonchev–Trinajstić information content (AvgIpc) is 2.32. The highest BCUT2D eigenvalue weighted by Crippen LogP contribution is 2.19. The van der Waals surface area contributed by atoms with Gasteiger partial charge in [0.2, 0.25) is 0 Å². The highest BCUT2D eigenvalue weighted by Gasteiger charge is 2.12. The Morgan fingerprint density at radius 3 is 2.87 bits per heavy atom. The lowest BCUT2D eigenvalue weighted by atomic mass is 10.2. The normalized spacial score (nSPS) is 21.5. The summed E-state index contributed by atoms with van der Waals surface area (Å²) in [5.41, 5.74) is 1.47. The lowest BCUT2D eigenvalue weighted by molar-refractivity contribution is 0.531. The zero-order chi connectivity index (χ0) is 10.3. The minimum atomic E-state index is 0.850. The fourth-order valence-corrected chi connectivity index (χ4v) is 3.21. The van der Waals surface area contributed by atoms with E-state index in [0.29, 0.717) is 0 Å². The Balaban J connectivity index is 1.66. The maximum absolute atomic E-state index is 3.46. The van der Waals surface area contributed by atoms with Gasteiger partial charge in [0.25, 0.3) is 0 Å². The Morgan fingerprint density at radius 2 is 2.13 bits per heavy atom. The standard InChI is InChI=1S/C13H19NS/c1-2-5-12(6-3-1)8-10-15-13-7-4-9-14-11-13/h1-3,5-6,13-14H,4,7-11H2. The van der Waals surface area contributed by atoms with Gasteiger partial charge in [-0.3, -0.25) is 0 Å². The van der Waals surface area contributed by atoms with Gasteiger partial charge in [-0.2, -0.15) is 11.8 Å². The van der Waals surface area contributed by atoms with Crippen LogP contribution in [0.25, 0.3) is 0 Å². The van der Waals surface area contributed by atoms with Crippen LogP contribution in [0.3, 0.4) is 0 Å². The summed E-state index contributed by atoms with van der Waals surface area (Å²) in [5.74, 6) is 1.26. The third kappa shape index (κ3) is 3.88. The van der Waals surface area contributed by atoms with Gasteiger partial charge >= 0.3 is 0 Å². The molecule has 1 aromatic carbocycles. The van der Waals surface area contributed by atoms with Crippen molar-refractivity contribution < 1.29 is 0 Å². The number of hydrogen-bond donors (Lipinski definition) is 1. The van der Waals surface area contributed by atoms with Crippen LogP contribution in [0.4, 0.5) is 0 Å². The molecule has 0 saturated carbocycles. The molecule has 1 saturated heterocycles. The SMILES string of the molecule is c1ccc(CCSC2CCCNC2)cc1. The Kier molecular flexibility index (Phi) is 4.55. The zero-order valence-electron chi connectivity index (χ0n) is 9.11. The van der Waals surface area contributed by atoms with Gasteiger partial charge in [-0.1, -0.05) is 30.3 Å². The zero-order valence-corrected chi connectivity index (χ0v) is 9.93. The van der Waals surface area contributed by atoms with Crippen molar-refractivity contribution in [3.8, 4) is 0 Å². The average molecular weight is 221 g/mol. The second-order valence-corrected chi connectivity index (χ2v) is 5.48. The van der Waals surface area contributed by atoms with Gasteiger partial charge in [0, 0.05) is 11.8 Å². The van der Waals surface area contributed by atoms with Crippen LogP contribution < -0.4 is 5.32 Å². The summed E-state index contributed by atoms with van der Waals surface area (Å²) in [4.78, 5) is 0. The predicted octanol–water partition coefficient (Wildman–Crippen LogP) is 2.71. The molecule has 0 aromatic heterocycles. The summed E-state index contributed by atoms with van der Waals surface area (Å²) in [5, 5.41) is 4.31. The summed E-state index contributed by atoms with van der Waals surface area (Å²) < 4.78 is 0. The van der Waals surface area contributed by atoms with E-state index in [9.17, 15) is 0 Å². The van der Waals surface area contributed by atoms with Gasteiger partial charge in [0.15, 0.2) is 0 Å². The molecule has 1 atom stereocenters. The summed E-state index contributed by atoms with van der Waals surface area (Å²) in [6.07, 6.45) is 3.96. The molecule has 1 nitrogen and oxygen atoms in total. The Hall–Kier alpha value is -0.470. The third-order valence-electron chi connectivity index (χ3n) is 2.84. The van der Waals surface area contributed by atoms with Crippen molar-refractivity contribution in [2.24, 2.45) is 0 Å². The molecule has 1 fully saturated rings.